The Balaban J connectivity index is 1.73. The summed E-state index contributed by atoms with van der Waals surface area (Å²) in [6.07, 6.45) is 6.93. The zero-order chi connectivity index (χ0) is 13.6. The summed E-state index contributed by atoms with van der Waals surface area (Å²) in [5, 5.41) is 1.00. The Kier molecular flexibility index (Phi) is 3.84. The van der Waals surface area contributed by atoms with Gasteiger partial charge in [0.25, 0.3) is 0 Å². The van der Waals surface area contributed by atoms with E-state index < -0.39 is 0 Å². The van der Waals surface area contributed by atoms with Gasteiger partial charge in [-0.3, -0.25) is 0 Å². The van der Waals surface area contributed by atoms with Crippen LogP contribution in [0.2, 0.25) is 5.02 Å². The second-order valence-electron chi connectivity index (χ2n) is 6.60. The third kappa shape index (κ3) is 2.67. The van der Waals surface area contributed by atoms with Crippen LogP contribution < -0.4 is 0 Å². The highest BCUT2D eigenvalue weighted by atomic mass is 35.5. The van der Waals surface area contributed by atoms with Gasteiger partial charge in [-0.25, -0.2) is 0 Å². The topological polar surface area (TPSA) is 0 Å². The lowest BCUT2D eigenvalue weighted by molar-refractivity contribution is 0.311. The number of fused-ring (bicyclic) bond motifs is 2. The molecule has 0 amide bonds. The smallest absolute Gasteiger partial charge is 0.0590 e. The van der Waals surface area contributed by atoms with Gasteiger partial charge in [0.15, 0.2) is 0 Å². The van der Waals surface area contributed by atoms with E-state index in [1.807, 2.05) is 0 Å². The molecule has 0 spiro atoms. The predicted octanol–water partition coefficient (Wildman–Crippen LogP) is 6.06. The van der Waals surface area contributed by atoms with Crippen LogP contribution in [0.3, 0.4) is 0 Å². The molecule has 0 aliphatic heterocycles. The van der Waals surface area contributed by atoms with E-state index in [-0.39, 0.29) is 5.38 Å². The Bertz CT molecular complexity index is 480. The fourth-order valence-electron chi connectivity index (χ4n) is 4.20. The van der Waals surface area contributed by atoms with E-state index in [0.717, 1.165) is 34.8 Å². The molecular formula is C17H22Cl2. The Hall–Kier alpha value is -0.200. The maximum absolute atomic E-state index is 6.71. The first-order chi connectivity index (χ1) is 9.04. The van der Waals surface area contributed by atoms with Crippen molar-refractivity contribution in [1.29, 1.82) is 0 Å². The van der Waals surface area contributed by atoms with Crippen LogP contribution in [-0.4, -0.2) is 0 Å². The molecule has 1 aromatic carbocycles. The van der Waals surface area contributed by atoms with Gasteiger partial charge in [0.05, 0.1) is 5.38 Å². The number of hydrogen-bond acceptors (Lipinski definition) is 0. The molecule has 4 atom stereocenters. The molecule has 2 fully saturated rings. The monoisotopic (exact) mass is 296 g/mol. The maximum Gasteiger partial charge on any atom is 0.0590 e. The highest BCUT2D eigenvalue weighted by Gasteiger charge is 2.40. The molecule has 3 rings (SSSR count). The standard InChI is InChI=1S/C17H22Cl2/c1-10-6-16(18)11(2)5-15(10)17(19)9-14-8-12-3-4-13(14)7-12/h5-6,12-14,17H,3-4,7-9H2,1-2H3. The summed E-state index contributed by atoms with van der Waals surface area (Å²) < 4.78 is 0. The highest BCUT2D eigenvalue weighted by Crippen LogP contribution is 2.51. The minimum Gasteiger partial charge on any atom is -0.118 e. The lowest BCUT2D eigenvalue weighted by Crippen LogP contribution is -2.13. The second kappa shape index (κ2) is 5.30. The number of alkyl halides is 1. The lowest BCUT2D eigenvalue weighted by atomic mass is 9.84. The van der Waals surface area contributed by atoms with Crippen LogP contribution in [0.25, 0.3) is 0 Å². The van der Waals surface area contributed by atoms with Gasteiger partial charge in [-0.05, 0) is 80.0 Å². The van der Waals surface area contributed by atoms with Crippen molar-refractivity contribution < 1.29 is 0 Å². The van der Waals surface area contributed by atoms with Crippen LogP contribution in [0.5, 0.6) is 0 Å². The van der Waals surface area contributed by atoms with Crippen molar-refractivity contribution >= 4 is 23.2 Å². The summed E-state index contributed by atoms with van der Waals surface area (Å²) in [6.45, 7) is 4.18. The van der Waals surface area contributed by atoms with Crippen LogP contribution >= 0.6 is 23.2 Å². The normalized spacial score (nSPS) is 30.8. The predicted molar refractivity (Wildman–Crippen MR) is 83.1 cm³/mol. The second-order valence-corrected chi connectivity index (χ2v) is 7.53. The Morgan fingerprint density at radius 3 is 2.58 bits per heavy atom. The van der Waals surface area contributed by atoms with Crippen molar-refractivity contribution in [1.82, 2.24) is 0 Å². The van der Waals surface area contributed by atoms with Gasteiger partial charge in [-0.1, -0.05) is 24.1 Å². The van der Waals surface area contributed by atoms with Crippen LogP contribution in [0.4, 0.5) is 0 Å². The van der Waals surface area contributed by atoms with E-state index in [9.17, 15) is 0 Å². The third-order valence-electron chi connectivity index (χ3n) is 5.28. The summed E-state index contributed by atoms with van der Waals surface area (Å²) in [5.41, 5.74) is 3.66. The number of halogens is 2. The van der Waals surface area contributed by atoms with E-state index in [1.165, 1.54) is 36.8 Å². The third-order valence-corrected chi connectivity index (χ3v) is 6.10. The van der Waals surface area contributed by atoms with Crippen molar-refractivity contribution in [2.45, 2.75) is 51.3 Å². The van der Waals surface area contributed by atoms with Crippen molar-refractivity contribution in [2.24, 2.45) is 17.8 Å². The summed E-state index contributed by atoms with van der Waals surface area (Å²) in [4.78, 5) is 0. The fourth-order valence-corrected chi connectivity index (χ4v) is 4.88. The molecule has 1 aromatic rings. The zero-order valence-electron chi connectivity index (χ0n) is 11.8. The Morgan fingerprint density at radius 2 is 1.95 bits per heavy atom. The molecule has 2 aliphatic rings. The summed E-state index contributed by atoms with van der Waals surface area (Å²) in [7, 11) is 0. The Morgan fingerprint density at radius 1 is 1.16 bits per heavy atom. The van der Waals surface area contributed by atoms with E-state index >= 15 is 0 Å². The molecule has 2 bridgehead atoms. The first-order valence-electron chi connectivity index (χ1n) is 7.45. The molecular weight excluding hydrogens is 275 g/mol. The van der Waals surface area contributed by atoms with Gasteiger partial charge in [-0.15, -0.1) is 11.6 Å². The number of aryl methyl sites for hydroxylation is 2. The molecule has 4 unspecified atom stereocenters. The fraction of sp³-hybridized carbons (Fsp3) is 0.647. The van der Waals surface area contributed by atoms with Crippen LogP contribution in [-0.2, 0) is 0 Å². The number of benzene rings is 1. The Labute approximate surface area is 126 Å². The zero-order valence-corrected chi connectivity index (χ0v) is 13.3. The largest absolute Gasteiger partial charge is 0.118 e. The molecule has 0 nitrogen and oxygen atoms in total. The van der Waals surface area contributed by atoms with E-state index in [2.05, 4.69) is 26.0 Å². The number of hydrogen-bond donors (Lipinski definition) is 0. The molecule has 0 radical (unpaired) electrons. The molecule has 0 aromatic heterocycles. The summed E-state index contributed by atoms with van der Waals surface area (Å²) >= 11 is 12.9. The van der Waals surface area contributed by atoms with Crippen molar-refractivity contribution in [3.8, 4) is 0 Å². The van der Waals surface area contributed by atoms with Gasteiger partial charge in [0.1, 0.15) is 0 Å². The van der Waals surface area contributed by atoms with Crippen molar-refractivity contribution in [3.05, 3.63) is 33.8 Å². The molecule has 0 heterocycles. The molecule has 2 aliphatic carbocycles. The maximum atomic E-state index is 6.71. The van der Waals surface area contributed by atoms with Crippen LogP contribution in [0, 0.1) is 31.6 Å². The van der Waals surface area contributed by atoms with Gasteiger partial charge in [0, 0.05) is 5.02 Å². The molecule has 104 valence electrons. The van der Waals surface area contributed by atoms with Gasteiger partial charge < -0.3 is 0 Å². The van der Waals surface area contributed by atoms with E-state index in [4.69, 9.17) is 23.2 Å². The van der Waals surface area contributed by atoms with Crippen molar-refractivity contribution in [3.63, 3.8) is 0 Å². The van der Waals surface area contributed by atoms with Crippen LogP contribution in [0.15, 0.2) is 12.1 Å². The highest BCUT2D eigenvalue weighted by molar-refractivity contribution is 6.31. The van der Waals surface area contributed by atoms with Gasteiger partial charge in [-0.2, -0.15) is 0 Å². The first kappa shape index (κ1) is 13.8. The van der Waals surface area contributed by atoms with Crippen LogP contribution in [0.1, 0.15) is 54.2 Å². The van der Waals surface area contributed by atoms with Crippen molar-refractivity contribution in [2.75, 3.05) is 0 Å². The molecule has 19 heavy (non-hydrogen) atoms. The molecule has 0 saturated heterocycles. The SMILES string of the molecule is Cc1cc(C(Cl)CC2CC3CCC2C3)c(C)cc1Cl. The molecule has 2 heteroatoms. The average molecular weight is 297 g/mol. The minimum atomic E-state index is 0.153. The quantitative estimate of drug-likeness (QED) is 0.594. The lowest BCUT2D eigenvalue weighted by Gasteiger charge is -2.25. The first-order valence-corrected chi connectivity index (χ1v) is 8.26. The molecule has 2 saturated carbocycles. The van der Waals surface area contributed by atoms with E-state index in [1.54, 1.807) is 0 Å². The summed E-state index contributed by atoms with van der Waals surface area (Å²) in [5.74, 6) is 2.82. The minimum absolute atomic E-state index is 0.153. The molecule has 0 N–H and O–H groups in total. The average Bonchev–Trinajstić information content (AvgIpc) is 2.95. The summed E-state index contributed by atoms with van der Waals surface area (Å²) in [6, 6.07) is 4.24. The van der Waals surface area contributed by atoms with Gasteiger partial charge >= 0.3 is 0 Å². The number of rotatable bonds is 3. The van der Waals surface area contributed by atoms with E-state index in [0.29, 0.717) is 0 Å². The van der Waals surface area contributed by atoms with Gasteiger partial charge in [0.2, 0.25) is 0 Å².